The zero-order valence-corrected chi connectivity index (χ0v) is 11.2. The second-order valence-electron chi connectivity index (χ2n) is 5.20. The highest BCUT2D eigenvalue weighted by Crippen LogP contribution is 2.24. The van der Waals surface area contributed by atoms with Crippen LogP contribution in [0.3, 0.4) is 0 Å². The van der Waals surface area contributed by atoms with Gasteiger partial charge < -0.3 is 11.1 Å². The van der Waals surface area contributed by atoms with E-state index in [1.165, 1.54) is 12.1 Å². The molecular weight excluding hydrogens is 258 g/mol. The number of nitrogens with one attached hydrogen (secondary N) is 1. The van der Waals surface area contributed by atoms with Gasteiger partial charge in [0.2, 0.25) is 5.91 Å². The Hall–Kier alpha value is -1.95. The number of hydrogen-bond donors (Lipinski definition) is 2. The number of carbonyl (C=O) groups is 1. The fourth-order valence-electron chi connectivity index (χ4n) is 2.73. The van der Waals surface area contributed by atoms with Crippen LogP contribution in [-0.2, 0) is 11.2 Å². The van der Waals surface area contributed by atoms with Gasteiger partial charge in [0.25, 0.3) is 5.69 Å². The van der Waals surface area contributed by atoms with E-state index in [0.717, 1.165) is 19.3 Å². The molecule has 1 amide bonds. The smallest absolute Gasteiger partial charge is 0.269 e. The summed E-state index contributed by atoms with van der Waals surface area (Å²) in [4.78, 5) is 22.2. The molecule has 6 nitrogen and oxygen atoms in total. The standard InChI is InChI=1S/C14H19N3O3/c15-9-11-4-2-6-13(11)16-14(18)8-10-3-1-5-12(7-10)17(19)20/h1,3,5,7,11,13H,2,4,6,8-9,15H2,(H,16,18). The van der Waals surface area contributed by atoms with Crippen LogP contribution >= 0.6 is 0 Å². The van der Waals surface area contributed by atoms with Gasteiger partial charge in [-0.25, -0.2) is 0 Å². The van der Waals surface area contributed by atoms with Crippen molar-refractivity contribution in [2.24, 2.45) is 11.7 Å². The molecule has 2 rings (SSSR count). The first-order chi connectivity index (χ1) is 9.60. The van der Waals surface area contributed by atoms with Crippen LogP contribution in [0.1, 0.15) is 24.8 Å². The maximum atomic E-state index is 12.0. The molecule has 0 bridgehead atoms. The molecule has 2 unspecified atom stereocenters. The number of carbonyl (C=O) groups excluding carboxylic acids is 1. The zero-order valence-electron chi connectivity index (χ0n) is 11.2. The van der Waals surface area contributed by atoms with Crippen molar-refractivity contribution < 1.29 is 9.72 Å². The van der Waals surface area contributed by atoms with Crippen LogP contribution in [0.25, 0.3) is 0 Å². The van der Waals surface area contributed by atoms with Crippen molar-refractivity contribution in [3.05, 3.63) is 39.9 Å². The Labute approximate surface area is 117 Å². The number of non-ortho nitro benzene ring substituents is 1. The van der Waals surface area contributed by atoms with Gasteiger partial charge in [-0.3, -0.25) is 14.9 Å². The third-order valence-electron chi connectivity index (χ3n) is 3.79. The third-order valence-corrected chi connectivity index (χ3v) is 3.79. The van der Waals surface area contributed by atoms with Crippen LogP contribution in [0, 0.1) is 16.0 Å². The molecule has 3 N–H and O–H groups in total. The second-order valence-corrected chi connectivity index (χ2v) is 5.20. The summed E-state index contributed by atoms with van der Waals surface area (Å²) in [6.07, 6.45) is 3.26. The molecule has 0 heterocycles. The van der Waals surface area contributed by atoms with Crippen LogP contribution in [0.5, 0.6) is 0 Å². The molecule has 1 aliphatic rings. The lowest BCUT2D eigenvalue weighted by Gasteiger charge is -2.19. The SMILES string of the molecule is NCC1CCCC1NC(=O)Cc1cccc([N+](=O)[O-])c1. The molecule has 1 fully saturated rings. The molecular formula is C14H19N3O3. The van der Waals surface area contributed by atoms with Gasteiger partial charge in [-0.1, -0.05) is 18.6 Å². The predicted molar refractivity (Wildman–Crippen MR) is 75.1 cm³/mol. The van der Waals surface area contributed by atoms with Crippen LogP contribution < -0.4 is 11.1 Å². The Kier molecular flexibility index (Phi) is 4.68. The van der Waals surface area contributed by atoms with Gasteiger partial charge in [-0.05, 0) is 30.9 Å². The lowest BCUT2D eigenvalue weighted by Crippen LogP contribution is -2.40. The Bertz CT molecular complexity index is 504. The number of benzene rings is 1. The summed E-state index contributed by atoms with van der Waals surface area (Å²) in [5.74, 6) is 0.250. The summed E-state index contributed by atoms with van der Waals surface area (Å²) < 4.78 is 0. The maximum absolute atomic E-state index is 12.0. The Morgan fingerprint density at radius 1 is 1.45 bits per heavy atom. The average Bonchev–Trinajstić information content (AvgIpc) is 2.86. The molecule has 2 atom stereocenters. The minimum Gasteiger partial charge on any atom is -0.353 e. The topological polar surface area (TPSA) is 98.3 Å². The largest absolute Gasteiger partial charge is 0.353 e. The number of amides is 1. The van der Waals surface area contributed by atoms with E-state index in [1.54, 1.807) is 12.1 Å². The fraction of sp³-hybridized carbons (Fsp3) is 0.500. The minimum atomic E-state index is -0.456. The predicted octanol–water partition coefficient (Wildman–Crippen LogP) is 1.38. The van der Waals surface area contributed by atoms with Crippen molar-refractivity contribution in [1.29, 1.82) is 0 Å². The van der Waals surface area contributed by atoms with Crippen molar-refractivity contribution in [2.75, 3.05) is 6.54 Å². The third kappa shape index (κ3) is 3.54. The Morgan fingerprint density at radius 2 is 2.25 bits per heavy atom. The van der Waals surface area contributed by atoms with E-state index in [-0.39, 0.29) is 24.1 Å². The quantitative estimate of drug-likeness (QED) is 0.627. The molecule has 0 spiro atoms. The van der Waals surface area contributed by atoms with Crippen LogP contribution in [-0.4, -0.2) is 23.4 Å². The van der Waals surface area contributed by atoms with Gasteiger partial charge in [0.05, 0.1) is 11.3 Å². The zero-order chi connectivity index (χ0) is 14.5. The first-order valence-corrected chi connectivity index (χ1v) is 6.83. The molecule has 6 heteroatoms. The number of hydrogen-bond acceptors (Lipinski definition) is 4. The molecule has 1 aromatic rings. The normalized spacial score (nSPS) is 21.6. The molecule has 1 aliphatic carbocycles. The lowest BCUT2D eigenvalue weighted by atomic mass is 10.0. The highest BCUT2D eigenvalue weighted by atomic mass is 16.6. The van der Waals surface area contributed by atoms with Gasteiger partial charge in [-0.2, -0.15) is 0 Å². The molecule has 1 saturated carbocycles. The number of nitrogens with two attached hydrogens (primary N) is 1. The lowest BCUT2D eigenvalue weighted by molar-refractivity contribution is -0.384. The van der Waals surface area contributed by atoms with E-state index < -0.39 is 4.92 Å². The molecule has 0 aliphatic heterocycles. The highest BCUT2D eigenvalue weighted by Gasteiger charge is 2.27. The summed E-state index contributed by atoms with van der Waals surface area (Å²) >= 11 is 0. The van der Waals surface area contributed by atoms with Crippen LogP contribution in [0.4, 0.5) is 5.69 Å². The van der Waals surface area contributed by atoms with Crippen molar-refractivity contribution >= 4 is 11.6 Å². The summed E-state index contributed by atoms with van der Waals surface area (Å²) in [6.45, 7) is 0.585. The van der Waals surface area contributed by atoms with E-state index in [1.807, 2.05) is 0 Å². The van der Waals surface area contributed by atoms with Crippen LogP contribution in [0.2, 0.25) is 0 Å². The van der Waals surface area contributed by atoms with Gasteiger partial charge in [0.15, 0.2) is 0 Å². The van der Waals surface area contributed by atoms with E-state index in [0.29, 0.717) is 18.0 Å². The molecule has 1 aromatic carbocycles. The van der Waals surface area contributed by atoms with Crippen molar-refractivity contribution in [2.45, 2.75) is 31.7 Å². The minimum absolute atomic E-state index is 0.0102. The van der Waals surface area contributed by atoms with Gasteiger partial charge >= 0.3 is 0 Å². The van der Waals surface area contributed by atoms with E-state index in [4.69, 9.17) is 5.73 Å². The van der Waals surface area contributed by atoms with E-state index in [2.05, 4.69) is 5.32 Å². The van der Waals surface area contributed by atoms with Gasteiger partial charge in [0, 0.05) is 18.2 Å². The molecule has 0 radical (unpaired) electrons. The van der Waals surface area contributed by atoms with Gasteiger partial charge in [0.1, 0.15) is 0 Å². The van der Waals surface area contributed by atoms with E-state index >= 15 is 0 Å². The molecule has 0 saturated heterocycles. The fourth-order valence-corrected chi connectivity index (χ4v) is 2.73. The summed E-state index contributed by atoms with van der Waals surface area (Å²) in [5.41, 5.74) is 6.34. The summed E-state index contributed by atoms with van der Waals surface area (Å²) in [5, 5.41) is 13.7. The Morgan fingerprint density at radius 3 is 2.95 bits per heavy atom. The summed E-state index contributed by atoms with van der Waals surface area (Å²) in [6, 6.07) is 6.32. The van der Waals surface area contributed by atoms with Crippen molar-refractivity contribution in [3.63, 3.8) is 0 Å². The number of nitrogens with zero attached hydrogens (tertiary/aromatic N) is 1. The second kappa shape index (κ2) is 6.47. The average molecular weight is 277 g/mol. The summed E-state index contributed by atoms with van der Waals surface area (Å²) in [7, 11) is 0. The number of nitro benzene ring substituents is 1. The molecule has 0 aromatic heterocycles. The molecule has 20 heavy (non-hydrogen) atoms. The number of rotatable bonds is 5. The van der Waals surface area contributed by atoms with Gasteiger partial charge in [-0.15, -0.1) is 0 Å². The highest BCUT2D eigenvalue weighted by molar-refractivity contribution is 5.79. The van der Waals surface area contributed by atoms with Crippen molar-refractivity contribution in [1.82, 2.24) is 5.32 Å². The monoisotopic (exact) mass is 277 g/mol. The van der Waals surface area contributed by atoms with Crippen LogP contribution in [0.15, 0.2) is 24.3 Å². The first kappa shape index (κ1) is 14.5. The maximum Gasteiger partial charge on any atom is 0.269 e. The number of nitro groups is 1. The van der Waals surface area contributed by atoms with Crippen molar-refractivity contribution in [3.8, 4) is 0 Å². The first-order valence-electron chi connectivity index (χ1n) is 6.83. The molecule has 108 valence electrons. The van der Waals surface area contributed by atoms with E-state index in [9.17, 15) is 14.9 Å². The Balaban J connectivity index is 1.94.